The van der Waals surface area contributed by atoms with Crippen LogP contribution in [0.5, 0.6) is 0 Å². The summed E-state index contributed by atoms with van der Waals surface area (Å²) in [4.78, 5) is 13.9. The van der Waals surface area contributed by atoms with E-state index in [0.717, 1.165) is 53.8 Å². The minimum absolute atomic E-state index is 0.0315. The Hall–Kier alpha value is -2.80. The molecule has 0 radical (unpaired) electrons. The fourth-order valence-electron chi connectivity index (χ4n) is 4.66. The second-order valence-electron chi connectivity index (χ2n) is 8.49. The lowest BCUT2D eigenvalue weighted by atomic mass is 9.71. The number of amides is 1. The van der Waals surface area contributed by atoms with Crippen molar-refractivity contribution in [1.29, 1.82) is 10.5 Å². The summed E-state index contributed by atoms with van der Waals surface area (Å²) in [6.07, 6.45) is 6.34. The molecular formula is C25H26N4OS. The number of nitrogens with one attached hydrogen (secondary N) is 2. The summed E-state index contributed by atoms with van der Waals surface area (Å²) in [6.45, 7) is 0.902. The summed E-state index contributed by atoms with van der Waals surface area (Å²) in [5.74, 6) is 0.666. The van der Waals surface area contributed by atoms with Crippen LogP contribution < -0.4 is 10.6 Å². The Balaban J connectivity index is 1.42. The van der Waals surface area contributed by atoms with E-state index in [1.165, 1.54) is 0 Å². The molecule has 2 heterocycles. The van der Waals surface area contributed by atoms with Gasteiger partial charge in [0.1, 0.15) is 12.1 Å². The largest absolute Gasteiger partial charge is 0.338 e. The van der Waals surface area contributed by atoms with Crippen molar-refractivity contribution in [2.45, 2.75) is 48.6 Å². The van der Waals surface area contributed by atoms with Crippen LogP contribution in [0.4, 0.5) is 0 Å². The van der Waals surface area contributed by atoms with Crippen LogP contribution in [-0.2, 0) is 11.2 Å². The average molecular weight is 431 g/mol. The molecule has 2 aromatic carbocycles. The third-order valence-corrected chi connectivity index (χ3v) is 7.41. The maximum Gasteiger partial charge on any atom is 0.241 e. The van der Waals surface area contributed by atoms with Crippen molar-refractivity contribution in [3.8, 4) is 23.3 Å². The monoisotopic (exact) mass is 430 g/mol. The molecule has 158 valence electrons. The summed E-state index contributed by atoms with van der Waals surface area (Å²) >= 11 is 1.56. The van der Waals surface area contributed by atoms with Crippen molar-refractivity contribution < 1.29 is 4.79 Å². The van der Waals surface area contributed by atoms with E-state index in [9.17, 15) is 15.3 Å². The van der Waals surface area contributed by atoms with Crippen LogP contribution in [0.2, 0.25) is 0 Å². The number of fused-ring (bicyclic) bond motifs is 3. The van der Waals surface area contributed by atoms with Crippen LogP contribution in [-0.4, -0.2) is 30.3 Å². The van der Waals surface area contributed by atoms with Crippen LogP contribution in [0.1, 0.15) is 36.8 Å². The zero-order valence-electron chi connectivity index (χ0n) is 17.6. The Morgan fingerprint density at radius 2 is 1.90 bits per heavy atom. The maximum atomic E-state index is 12.9. The lowest BCUT2D eigenvalue weighted by Crippen LogP contribution is -2.64. The number of piperidine rings is 2. The van der Waals surface area contributed by atoms with Crippen molar-refractivity contribution in [2.75, 3.05) is 12.8 Å². The number of nitrogens with zero attached hydrogens (tertiary/aromatic N) is 2. The van der Waals surface area contributed by atoms with Gasteiger partial charge in [0, 0.05) is 11.3 Å². The number of rotatable bonds is 6. The molecule has 0 aromatic heterocycles. The highest BCUT2D eigenvalue weighted by molar-refractivity contribution is 7.98. The highest BCUT2D eigenvalue weighted by atomic mass is 32.2. The standard InChI is InChI=1S/C25H26N4OS/c1-31-23-13-20(6-7-21(23)14-26)19-4-2-17(3-5-19)12-22(15-27)29-24(30)25-10-8-18(9-11-25)16-28-25/h2-7,13,18,22,28H,8-12,16H2,1H3,(H,29,30)/t18?,22-,25?/m0/s1. The fraction of sp³-hybridized carbons (Fsp3) is 0.400. The van der Waals surface area contributed by atoms with E-state index in [2.05, 4.69) is 22.8 Å². The number of carbonyl (C=O) groups is 1. The minimum Gasteiger partial charge on any atom is -0.338 e. The molecular weight excluding hydrogens is 404 g/mol. The lowest BCUT2D eigenvalue weighted by Gasteiger charge is -2.46. The number of hydrogen-bond acceptors (Lipinski definition) is 5. The number of nitriles is 2. The molecule has 0 spiro atoms. The highest BCUT2D eigenvalue weighted by Gasteiger charge is 2.46. The number of carbonyl (C=O) groups excluding carboxylic acids is 1. The van der Waals surface area contributed by atoms with Crippen LogP contribution in [0.3, 0.4) is 0 Å². The predicted octanol–water partition coefficient (Wildman–Crippen LogP) is 4.03. The molecule has 2 aromatic rings. The Labute approximate surface area is 187 Å². The first-order chi connectivity index (χ1) is 15.1. The fourth-order valence-corrected chi connectivity index (χ4v) is 5.23. The molecule has 2 saturated heterocycles. The lowest BCUT2D eigenvalue weighted by molar-refractivity contribution is -0.131. The number of thioether (sulfide) groups is 1. The van der Waals surface area contributed by atoms with E-state index >= 15 is 0 Å². The summed E-state index contributed by atoms with van der Waals surface area (Å²) < 4.78 is 0. The molecule has 1 saturated carbocycles. The van der Waals surface area contributed by atoms with Crippen molar-refractivity contribution in [3.63, 3.8) is 0 Å². The van der Waals surface area contributed by atoms with Crippen molar-refractivity contribution in [3.05, 3.63) is 53.6 Å². The zero-order chi connectivity index (χ0) is 21.8. The first-order valence-corrected chi connectivity index (χ1v) is 11.9. The van der Waals surface area contributed by atoms with E-state index in [4.69, 9.17) is 0 Å². The highest BCUT2D eigenvalue weighted by Crippen LogP contribution is 2.37. The Bertz CT molecular complexity index is 1030. The van der Waals surface area contributed by atoms with Crippen LogP contribution in [0.15, 0.2) is 47.4 Å². The van der Waals surface area contributed by atoms with Gasteiger partial charge in [0.2, 0.25) is 5.91 Å². The van der Waals surface area contributed by atoms with Crippen molar-refractivity contribution in [1.82, 2.24) is 10.6 Å². The molecule has 1 atom stereocenters. The summed E-state index contributed by atoms with van der Waals surface area (Å²) in [5, 5.41) is 25.2. The molecule has 2 N–H and O–H groups in total. The van der Waals surface area contributed by atoms with Crippen molar-refractivity contribution in [2.24, 2.45) is 5.92 Å². The van der Waals surface area contributed by atoms with E-state index in [0.29, 0.717) is 17.9 Å². The number of benzene rings is 2. The molecule has 6 heteroatoms. The van der Waals surface area contributed by atoms with Gasteiger partial charge in [0.05, 0.1) is 17.2 Å². The van der Waals surface area contributed by atoms with Crippen LogP contribution in [0.25, 0.3) is 11.1 Å². The van der Waals surface area contributed by atoms with Gasteiger partial charge in [-0.3, -0.25) is 4.79 Å². The molecule has 0 unspecified atom stereocenters. The van der Waals surface area contributed by atoms with Gasteiger partial charge in [-0.05, 0) is 73.2 Å². The summed E-state index contributed by atoms with van der Waals surface area (Å²) in [6, 6.07) is 17.8. The molecule has 31 heavy (non-hydrogen) atoms. The Morgan fingerprint density at radius 1 is 1.19 bits per heavy atom. The van der Waals surface area contributed by atoms with Gasteiger partial charge in [0.15, 0.2) is 0 Å². The first kappa shape index (κ1) is 21.4. The van der Waals surface area contributed by atoms with Gasteiger partial charge in [-0.1, -0.05) is 30.3 Å². The second-order valence-corrected chi connectivity index (χ2v) is 9.34. The van der Waals surface area contributed by atoms with Crippen LogP contribution >= 0.6 is 11.8 Å². The molecule has 5 nitrogen and oxygen atoms in total. The van der Waals surface area contributed by atoms with Crippen molar-refractivity contribution >= 4 is 17.7 Å². The first-order valence-electron chi connectivity index (χ1n) is 10.7. The molecule has 3 fully saturated rings. The maximum absolute atomic E-state index is 12.9. The normalized spacial score (nSPS) is 22.9. The van der Waals surface area contributed by atoms with E-state index < -0.39 is 11.6 Å². The van der Waals surface area contributed by atoms with Gasteiger partial charge >= 0.3 is 0 Å². The van der Waals surface area contributed by atoms with Gasteiger partial charge in [-0.25, -0.2) is 0 Å². The average Bonchev–Trinajstić information content (AvgIpc) is 2.84. The minimum atomic E-state index is -0.549. The summed E-state index contributed by atoms with van der Waals surface area (Å²) in [5.41, 5.74) is 3.31. The third-order valence-electron chi connectivity index (χ3n) is 6.63. The van der Waals surface area contributed by atoms with E-state index in [-0.39, 0.29) is 5.91 Å². The Kier molecular flexibility index (Phi) is 6.32. The van der Waals surface area contributed by atoms with Gasteiger partial charge in [-0.2, -0.15) is 10.5 Å². The van der Waals surface area contributed by atoms with E-state index in [1.54, 1.807) is 11.8 Å². The second kappa shape index (κ2) is 9.14. The van der Waals surface area contributed by atoms with Gasteiger partial charge in [-0.15, -0.1) is 11.8 Å². The predicted molar refractivity (Wildman–Crippen MR) is 122 cm³/mol. The zero-order valence-corrected chi connectivity index (χ0v) is 18.5. The smallest absolute Gasteiger partial charge is 0.241 e. The molecule has 3 aliphatic rings. The topological polar surface area (TPSA) is 88.7 Å². The van der Waals surface area contributed by atoms with E-state index in [1.807, 2.05) is 48.7 Å². The third kappa shape index (κ3) is 4.46. The molecule has 1 amide bonds. The molecule has 2 bridgehead atoms. The van der Waals surface area contributed by atoms with Crippen LogP contribution in [0, 0.1) is 28.6 Å². The SMILES string of the molecule is CSc1cc(-c2ccc(C[C@@H](C#N)NC(=O)C34CCC(CC3)CN4)cc2)ccc1C#N. The molecule has 2 aliphatic heterocycles. The Morgan fingerprint density at radius 3 is 2.48 bits per heavy atom. The molecule has 1 aliphatic carbocycles. The quantitative estimate of drug-likeness (QED) is 0.676. The van der Waals surface area contributed by atoms with Gasteiger partial charge in [0.25, 0.3) is 0 Å². The molecule has 5 rings (SSSR count). The van der Waals surface area contributed by atoms with Gasteiger partial charge < -0.3 is 10.6 Å². The number of hydrogen-bond donors (Lipinski definition) is 2. The summed E-state index contributed by atoms with van der Waals surface area (Å²) in [7, 11) is 0.